The summed E-state index contributed by atoms with van der Waals surface area (Å²) in [6.45, 7) is 1.66. The smallest absolute Gasteiger partial charge is 0.191 e. The number of aliphatic hydroxyl groups excluding tert-OH is 1. The van der Waals surface area contributed by atoms with Crippen LogP contribution in [-0.4, -0.2) is 48.8 Å². The molecule has 3 N–H and O–H groups in total. The number of aliphatic hydroxyl groups is 1. The number of rotatable bonds is 4. The van der Waals surface area contributed by atoms with E-state index in [-0.39, 0.29) is 30.6 Å². The molecular weight excluding hydrogens is 325 g/mol. The summed E-state index contributed by atoms with van der Waals surface area (Å²) in [5.74, 6) is 2.07. The van der Waals surface area contributed by atoms with Gasteiger partial charge in [-0.25, -0.2) is 0 Å². The minimum atomic E-state index is 0. The van der Waals surface area contributed by atoms with Crippen molar-refractivity contribution in [1.82, 2.24) is 10.6 Å². The number of halogens is 1. The highest BCUT2D eigenvalue weighted by Crippen LogP contribution is 2.24. The third kappa shape index (κ3) is 6.47. The maximum Gasteiger partial charge on any atom is 0.191 e. The molecule has 0 spiro atoms. The van der Waals surface area contributed by atoms with Crippen LogP contribution >= 0.6 is 35.7 Å². The first-order valence-corrected chi connectivity index (χ1v) is 6.08. The molecule has 0 saturated carbocycles. The average molecular weight is 345 g/mol. The van der Waals surface area contributed by atoms with E-state index in [2.05, 4.69) is 15.6 Å². The first-order chi connectivity index (χ1) is 6.86. The molecule has 1 fully saturated rings. The number of guanidine groups is 1. The van der Waals surface area contributed by atoms with Crippen molar-refractivity contribution in [3.05, 3.63) is 0 Å². The molecule has 0 aromatic carbocycles. The van der Waals surface area contributed by atoms with E-state index >= 15 is 0 Å². The largest absolute Gasteiger partial charge is 0.395 e. The van der Waals surface area contributed by atoms with Gasteiger partial charge in [-0.3, -0.25) is 4.99 Å². The molecule has 0 aliphatic carbocycles. The van der Waals surface area contributed by atoms with Gasteiger partial charge in [-0.1, -0.05) is 0 Å². The van der Waals surface area contributed by atoms with Crippen LogP contribution in [0.25, 0.3) is 0 Å². The Morgan fingerprint density at radius 2 is 2.33 bits per heavy atom. The summed E-state index contributed by atoms with van der Waals surface area (Å²) < 4.78 is 0. The third-order valence-electron chi connectivity index (χ3n) is 2.15. The Bertz CT molecular complexity index is 186. The van der Waals surface area contributed by atoms with Crippen molar-refractivity contribution in [2.24, 2.45) is 4.99 Å². The lowest BCUT2D eigenvalue weighted by molar-refractivity contribution is 0.300. The number of nitrogens with one attached hydrogen (secondary N) is 2. The van der Waals surface area contributed by atoms with Crippen molar-refractivity contribution in [2.75, 3.05) is 32.5 Å². The zero-order valence-corrected chi connectivity index (χ0v) is 12.2. The van der Waals surface area contributed by atoms with Crippen LogP contribution in [0.15, 0.2) is 4.99 Å². The van der Waals surface area contributed by atoms with Gasteiger partial charge in [0.25, 0.3) is 0 Å². The van der Waals surface area contributed by atoms with Gasteiger partial charge in [-0.2, -0.15) is 11.8 Å². The summed E-state index contributed by atoms with van der Waals surface area (Å²) in [5.41, 5.74) is 0. The van der Waals surface area contributed by atoms with Crippen molar-refractivity contribution in [3.63, 3.8) is 0 Å². The quantitative estimate of drug-likeness (QED) is 0.398. The molecule has 0 amide bonds. The van der Waals surface area contributed by atoms with Crippen LogP contribution < -0.4 is 10.6 Å². The predicted octanol–water partition coefficient (Wildman–Crippen LogP) is 0.657. The van der Waals surface area contributed by atoms with Gasteiger partial charge in [0.1, 0.15) is 0 Å². The Morgan fingerprint density at radius 1 is 1.53 bits per heavy atom. The van der Waals surface area contributed by atoms with Crippen LogP contribution in [0.5, 0.6) is 0 Å². The topological polar surface area (TPSA) is 56.7 Å². The van der Waals surface area contributed by atoms with E-state index in [0.29, 0.717) is 6.54 Å². The maximum absolute atomic E-state index is 8.64. The minimum Gasteiger partial charge on any atom is -0.395 e. The second-order valence-corrected chi connectivity index (χ2v) is 4.65. The summed E-state index contributed by atoms with van der Waals surface area (Å²) in [4.78, 5) is 4.06. The van der Waals surface area contributed by atoms with E-state index in [1.807, 2.05) is 11.8 Å². The minimum absolute atomic E-state index is 0. The Hall–Kier alpha value is 0.310. The zero-order chi connectivity index (χ0) is 10.2. The number of aliphatic imine (C=N–C) groups is 1. The molecule has 90 valence electrons. The van der Waals surface area contributed by atoms with E-state index in [9.17, 15) is 0 Å². The van der Waals surface area contributed by atoms with Crippen molar-refractivity contribution >= 4 is 41.7 Å². The molecule has 0 radical (unpaired) electrons. The molecule has 15 heavy (non-hydrogen) atoms. The fourth-order valence-corrected chi connectivity index (χ4v) is 2.61. The zero-order valence-electron chi connectivity index (χ0n) is 9.03. The van der Waals surface area contributed by atoms with E-state index < -0.39 is 0 Å². The van der Waals surface area contributed by atoms with Crippen molar-refractivity contribution in [1.29, 1.82) is 0 Å². The fraction of sp³-hybridized carbons (Fsp3) is 0.889. The molecule has 6 heteroatoms. The molecule has 0 bridgehead atoms. The number of nitrogens with zero attached hydrogens (tertiary/aromatic N) is 1. The predicted molar refractivity (Wildman–Crippen MR) is 77.3 cm³/mol. The molecule has 1 atom stereocenters. The highest BCUT2D eigenvalue weighted by Gasteiger charge is 2.15. The lowest BCUT2D eigenvalue weighted by Crippen LogP contribution is -2.41. The fourth-order valence-electron chi connectivity index (χ4n) is 1.41. The van der Waals surface area contributed by atoms with Gasteiger partial charge in [0, 0.05) is 25.4 Å². The van der Waals surface area contributed by atoms with Gasteiger partial charge in [-0.05, 0) is 18.6 Å². The van der Waals surface area contributed by atoms with Crippen LogP contribution in [-0.2, 0) is 0 Å². The average Bonchev–Trinajstić information content (AvgIpc) is 2.71. The highest BCUT2D eigenvalue weighted by molar-refractivity contribution is 14.0. The molecule has 1 saturated heterocycles. The summed E-state index contributed by atoms with van der Waals surface area (Å²) >= 11 is 2.02. The van der Waals surface area contributed by atoms with E-state index in [0.717, 1.165) is 17.8 Å². The standard InChI is InChI=1S/C9H19N3OS.HI/c1-10-9(11-4-5-13)12-7-8-3-2-6-14-8;/h8,13H,2-7H2,1H3,(H2,10,11,12);1H. The van der Waals surface area contributed by atoms with Crippen LogP contribution in [0.4, 0.5) is 0 Å². The Balaban J connectivity index is 0.00000196. The Kier molecular flexibility index (Phi) is 9.73. The van der Waals surface area contributed by atoms with Gasteiger partial charge >= 0.3 is 0 Å². The number of hydrogen-bond donors (Lipinski definition) is 3. The maximum atomic E-state index is 8.64. The third-order valence-corrected chi connectivity index (χ3v) is 3.55. The first-order valence-electron chi connectivity index (χ1n) is 5.04. The SMILES string of the molecule is CN=C(NCCO)NCC1CCCS1.I. The van der Waals surface area contributed by atoms with Gasteiger partial charge in [0.15, 0.2) is 5.96 Å². The van der Waals surface area contributed by atoms with Gasteiger partial charge in [0.05, 0.1) is 6.61 Å². The van der Waals surface area contributed by atoms with E-state index in [4.69, 9.17) is 5.11 Å². The number of thioether (sulfide) groups is 1. The van der Waals surface area contributed by atoms with Crippen LogP contribution in [0.1, 0.15) is 12.8 Å². The molecule has 0 aromatic heterocycles. The molecule has 1 aliphatic rings. The first kappa shape index (κ1) is 15.3. The van der Waals surface area contributed by atoms with Gasteiger partial charge in [-0.15, -0.1) is 24.0 Å². The van der Waals surface area contributed by atoms with E-state index in [1.165, 1.54) is 18.6 Å². The summed E-state index contributed by atoms with van der Waals surface area (Å²) in [6.07, 6.45) is 2.63. The molecule has 1 heterocycles. The molecule has 1 unspecified atom stereocenters. The monoisotopic (exact) mass is 345 g/mol. The van der Waals surface area contributed by atoms with Crippen molar-refractivity contribution in [3.8, 4) is 0 Å². The van der Waals surface area contributed by atoms with Crippen LogP contribution in [0.3, 0.4) is 0 Å². The summed E-state index contributed by atoms with van der Waals surface area (Å²) in [5, 5.41) is 15.6. The Labute approximate surface area is 113 Å². The molecule has 0 aromatic rings. The number of hydrogen-bond acceptors (Lipinski definition) is 3. The summed E-state index contributed by atoms with van der Waals surface area (Å²) in [7, 11) is 1.74. The molecule has 4 nitrogen and oxygen atoms in total. The normalized spacial score (nSPS) is 20.9. The van der Waals surface area contributed by atoms with Crippen molar-refractivity contribution in [2.45, 2.75) is 18.1 Å². The summed E-state index contributed by atoms with van der Waals surface area (Å²) in [6, 6.07) is 0. The van der Waals surface area contributed by atoms with Crippen LogP contribution in [0, 0.1) is 0 Å². The van der Waals surface area contributed by atoms with Crippen LogP contribution in [0.2, 0.25) is 0 Å². The molecule has 1 rings (SSSR count). The van der Waals surface area contributed by atoms with Gasteiger partial charge in [0.2, 0.25) is 0 Å². The lowest BCUT2D eigenvalue weighted by Gasteiger charge is -2.13. The molecular formula is C9H20IN3OS. The second kappa shape index (κ2) is 9.53. The van der Waals surface area contributed by atoms with E-state index in [1.54, 1.807) is 7.05 Å². The molecule has 1 aliphatic heterocycles. The van der Waals surface area contributed by atoms with Crippen molar-refractivity contribution < 1.29 is 5.11 Å². The second-order valence-electron chi connectivity index (χ2n) is 3.24. The lowest BCUT2D eigenvalue weighted by atomic mass is 10.2. The Morgan fingerprint density at radius 3 is 2.87 bits per heavy atom. The highest BCUT2D eigenvalue weighted by atomic mass is 127. The van der Waals surface area contributed by atoms with Gasteiger partial charge < -0.3 is 15.7 Å².